The molecule has 84 valence electrons. The molecule has 1 N–H and O–H groups in total. The SMILES string of the molecule is CC(C)C[C@H](COC1CC1)NC(C)C. The van der Waals surface area contributed by atoms with Crippen LogP contribution < -0.4 is 5.32 Å². The topological polar surface area (TPSA) is 21.3 Å². The van der Waals surface area contributed by atoms with Crippen LogP contribution in [0.1, 0.15) is 47.0 Å². The van der Waals surface area contributed by atoms with E-state index in [4.69, 9.17) is 4.74 Å². The molecule has 0 aromatic carbocycles. The summed E-state index contributed by atoms with van der Waals surface area (Å²) in [7, 11) is 0. The summed E-state index contributed by atoms with van der Waals surface area (Å²) in [6.07, 6.45) is 4.34. The normalized spacial score (nSPS) is 19.3. The first-order valence-corrected chi connectivity index (χ1v) is 5.95. The van der Waals surface area contributed by atoms with E-state index >= 15 is 0 Å². The molecule has 1 rings (SSSR count). The van der Waals surface area contributed by atoms with Gasteiger partial charge in [0.1, 0.15) is 0 Å². The van der Waals surface area contributed by atoms with Crippen molar-refractivity contribution in [1.82, 2.24) is 5.32 Å². The van der Waals surface area contributed by atoms with E-state index in [2.05, 4.69) is 33.0 Å². The monoisotopic (exact) mass is 199 g/mol. The molecule has 0 aromatic heterocycles. The largest absolute Gasteiger partial charge is 0.377 e. The van der Waals surface area contributed by atoms with Crippen LogP contribution in [0, 0.1) is 5.92 Å². The Balaban J connectivity index is 2.19. The molecule has 0 unspecified atom stereocenters. The highest BCUT2D eigenvalue weighted by atomic mass is 16.5. The van der Waals surface area contributed by atoms with Crippen molar-refractivity contribution in [3.8, 4) is 0 Å². The molecule has 14 heavy (non-hydrogen) atoms. The Bertz CT molecular complexity index is 142. The Morgan fingerprint density at radius 3 is 2.29 bits per heavy atom. The van der Waals surface area contributed by atoms with Crippen molar-refractivity contribution in [3.05, 3.63) is 0 Å². The van der Waals surface area contributed by atoms with Crippen LogP contribution in [0.25, 0.3) is 0 Å². The summed E-state index contributed by atoms with van der Waals surface area (Å²) in [5.74, 6) is 0.744. The molecule has 1 aliphatic rings. The van der Waals surface area contributed by atoms with Crippen molar-refractivity contribution in [2.45, 2.75) is 65.1 Å². The highest BCUT2D eigenvalue weighted by Gasteiger charge is 2.23. The van der Waals surface area contributed by atoms with Crippen molar-refractivity contribution in [1.29, 1.82) is 0 Å². The van der Waals surface area contributed by atoms with Gasteiger partial charge in [-0.05, 0) is 25.2 Å². The minimum Gasteiger partial charge on any atom is -0.377 e. The number of ether oxygens (including phenoxy) is 1. The van der Waals surface area contributed by atoms with E-state index in [0.717, 1.165) is 12.5 Å². The first kappa shape index (κ1) is 12.0. The molecule has 2 heteroatoms. The lowest BCUT2D eigenvalue weighted by molar-refractivity contribution is 0.0894. The smallest absolute Gasteiger partial charge is 0.0623 e. The summed E-state index contributed by atoms with van der Waals surface area (Å²) in [6, 6.07) is 1.09. The van der Waals surface area contributed by atoms with E-state index in [1.807, 2.05) is 0 Å². The maximum atomic E-state index is 5.75. The Morgan fingerprint density at radius 1 is 1.21 bits per heavy atom. The first-order chi connectivity index (χ1) is 6.58. The summed E-state index contributed by atoms with van der Waals surface area (Å²) in [5, 5.41) is 3.57. The lowest BCUT2D eigenvalue weighted by atomic mass is 10.0. The summed E-state index contributed by atoms with van der Waals surface area (Å²) >= 11 is 0. The molecule has 1 saturated carbocycles. The zero-order valence-corrected chi connectivity index (χ0v) is 10.0. The third-order valence-corrected chi connectivity index (χ3v) is 2.38. The van der Waals surface area contributed by atoms with Crippen LogP contribution in [0.3, 0.4) is 0 Å². The summed E-state index contributed by atoms with van der Waals surface area (Å²) in [5.41, 5.74) is 0. The lowest BCUT2D eigenvalue weighted by Gasteiger charge is -2.22. The molecule has 2 nitrogen and oxygen atoms in total. The Kier molecular flexibility index (Phi) is 4.90. The molecule has 0 spiro atoms. The van der Waals surface area contributed by atoms with E-state index in [9.17, 15) is 0 Å². The van der Waals surface area contributed by atoms with Crippen LogP contribution >= 0.6 is 0 Å². The molecule has 1 atom stereocenters. The van der Waals surface area contributed by atoms with E-state index in [1.165, 1.54) is 19.3 Å². The van der Waals surface area contributed by atoms with E-state index < -0.39 is 0 Å². The van der Waals surface area contributed by atoms with Crippen LogP contribution in [0.15, 0.2) is 0 Å². The molecule has 1 aliphatic carbocycles. The highest BCUT2D eigenvalue weighted by molar-refractivity contribution is 4.76. The average molecular weight is 199 g/mol. The quantitative estimate of drug-likeness (QED) is 0.680. The van der Waals surface area contributed by atoms with E-state index in [-0.39, 0.29) is 0 Å². The second-order valence-corrected chi connectivity index (χ2v) is 5.18. The van der Waals surface area contributed by atoms with Gasteiger partial charge in [-0.15, -0.1) is 0 Å². The van der Waals surface area contributed by atoms with Gasteiger partial charge in [-0.3, -0.25) is 0 Å². The third kappa shape index (κ3) is 5.61. The fraction of sp³-hybridized carbons (Fsp3) is 1.00. The molecule has 0 aromatic rings. The van der Waals surface area contributed by atoms with Gasteiger partial charge in [0.05, 0.1) is 12.7 Å². The minimum absolute atomic E-state index is 0.538. The molecule has 0 saturated heterocycles. The van der Waals surface area contributed by atoms with Crippen LogP contribution in [-0.2, 0) is 4.74 Å². The standard InChI is InChI=1S/C12H25NO/c1-9(2)7-11(13-10(3)4)8-14-12-5-6-12/h9-13H,5-8H2,1-4H3/t11-/m1/s1. The molecule has 0 amide bonds. The molecular formula is C12H25NO. The van der Waals surface area contributed by atoms with E-state index in [1.54, 1.807) is 0 Å². The second-order valence-electron chi connectivity index (χ2n) is 5.18. The van der Waals surface area contributed by atoms with Crippen molar-refractivity contribution in [2.75, 3.05) is 6.61 Å². The van der Waals surface area contributed by atoms with Crippen molar-refractivity contribution >= 4 is 0 Å². The Hall–Kier alpha value is -0.0800. The van der Waals surface area contributed by atoms with Gasteiger partial charge in [0.15, 0.2) is 0 Å². The number of rotatable bonds is 7. The van der Waals surface area contributed by atoms with Gasteiger partial charge in [0, 0.05) is 12.1 Å². The number of nitrogens with one attached hydrogen (secondary N) is 1. The van der Waals surface area contributed by atoms with Gasteiger partial charge in [-0.25, -0.2) is 0 Å². The maximum absolute atomic E-state index is 5.75. The van der Waals surface area contributed by atoms with Crippen molar-refractivity contribution in [2.24, 2.45) is 5.92 Å². The van der Waals surface area contributed by atoms with Crippen LogP contribution in [-0.4, -0.2) is 24.8 Å². The molecule has 0 bridgehead atoms. The maximum Gasteiger partial charge on any atom is 0.0623 e. The average Bonchev–Trinajstić information content (AvgIpc) is 2.80. The van der Waals surface area contributed by atoms with Gasteiger partial charge in [-0.1, -0.05) is 27.7 Å². The fourth-order valence-corrected chi connectivity index (χ4v) is 1.71. The number of hydrogen-bond acceptors (Lipinski definition) is 2. The molecule has 1 fully saturated rings. The number of hydrogen-bond donors (Lipinski definition) is 1. The van der Waals surface area contributed by atoms with Gasteiger partial charge in [-0.2, -0.15) is 0 Å². The zero-order chi connectivity index (χ0) is 10.6. The molecular weight excluding hydrogens is 174 g/mol. The van der Waals surface area contributed by atoms with Gasteiger partial charge < -0.3 is 10.1 Å². The summed E-state index contributed by atoms with van der Waals surface area (Å²) in [4.78, 5) is 0. The van der Waals surface area contributed by atoms with E-state index in [0.29, 0.717) is 18.2 Å². The van der Waals surface area contributed by atoms with Gasteiger partial charge in [0.2, 0.25) is 0 Å². The Morgan fingerprint density at radius 2 is 1.86 bits per heavy atom. The predicted molar refractivity (Wildman–Crippen MR) is 60.5 cm³/mol. The van der Waals surface area contributed by atoms with Crippen molar-refractivity contribution < 1.29 is 4.74 Å². The highest BCUT2D eigenvalue weighted by Crippen LogP contribution is 2.23. The molecule has 0 radical (unpaired) electrons. The summed E-state index contributed by atoms with van der Waals surface area (Å²) in [6.45, 7) is 9.83. The van der Waals surface area contributed by atoms with Crippen LogP contribution in [0.5, 0.6) is 0 Å². The molecule has 0 aliphatic heterocycles. The summed E-state index contributed by atoms with van der Waals surface area (Å²) < 4.78 is 5.75. The van der Waals surface area contributed by atoms with Crippen molar-refractivity contribution in [3.63, 3.8) is 0 Å². The van der Waals surface area contributed by atoms with Gasteiger partial charge in [0.25, 0.3) is 0 Å². The molecule has 0 heterocycles. The fourth-order valence-electron chi connectivity index (χ4n) is 1.71. The lowest BCUT2D eigenvalue weighted by Crippen LogP contribution is -2.39. The minimum atomic E-state index is 0.538. The van der Waals surface area contributed by atoms with Crippen LogP contribution in [0.4, 0.5) is 0 Å². The van der Waals surface area contributed by atoms with Gasteiger partial charge >= 0.3 is 0 Å². The predicted octanol–water partition coefficient (Wildman–Crippen LogP) is 2.58. The van der Waals surface area contributed by atoms with Crippen LogP contribution in [0.2, 0.25) is 0 Å². The third-order valence-electron chi connectivity index (χ3n) is 2.38. The first-order valence-electron chi connectivity index (χ1n) is 5.95. The Labute approximate surface area is 88.4 Å². The zero-order valence-electron chi connectivity index (χ0n) is 10.0. The second kappa shape index (κ2) is 5.72.